The van der Waals surface area contributed by atoms with Crippen LogP contribution in [-0.2, 0) is 11.3 Å². The van der Waals surface area contributed by atoms with Crippen molar-refractivity contribution < 1.29 is 9.18 Å². The Morgan fingerprint density at radius 3 is 2.81 bits per heavy atom. The molecule has 3 rings (SSSR count). The number of halogens is 2. The van der Waals surface area contributed by atoms with Crippen LogP contribution < -0.4 is 5.73 Å². The lowest BCUT2D eigenvalue weighted by Gasteiger charge is -2.14. The maximum absolute atomic E-state index is 13.4. The molecule has 0 aliphatic rings. The summed E-state index contributed by atoms with van der Waals surface area (Å²) in [5, 5.41) is 0.907. The second-order valence-electron chi connectivity index (χ2n) is 5.83. The molecule has 0 atom stereocenters. The highest BCUT2D eigenvalue weighted by molar-refractivity contribution is 7.19. The normalized spacial score (nSPS) is 10.9. The SMILES string of the molecule is Cc1c(CN(C)C(=O)/C=C/c2ccc(N)nc2)sc2ccc(F)cc12.Cl. The largest absolute Gasteiger partial charge is 0.384 e. The fourth-order valence-electron chi connectivity index (χ4n) is 2.50. The third-order valence-corrected chi connectivity index (χ3v) is 5.24. The lowest BCUT2D eigenvalue weighted by atomic mass is 10.1. The molecule has 0 radical (unpaired) electrons. The van der Waals surface area contributed by atoms with Gasteiger partial charge in [-0.1, -0.05) is 0 Å². The quantitative estimate of drug-likeness (QED) is 0.670. The Labute approximate surface area is 161 Å². The number of aromatic nitrogens is 1. The van der Waals surface area contributed by atoms with E-state index in [1.807, 2.05) is 6.92 Å². The fraction of sp³-hybridized carbons (Fsp3) is 0.158. The summed E-state index contributed by atoms with van der Waals surface area (Å²) in [6.45, 7) is 2.44. The molecule has 0 unspecified atom stereocenters. The molecule has 0 aliphatic heterocycles. The van der Waals surface area contributed by atoms with Gasteiger partial charge < -0.3 is 10.6 Å². The van der Waals surface area contributed by atoms with Gasteiger partial charge >= 0.3 is 0 Å². The molecule has 0 aliphatic carbocycles. The van der Waals surface area contributed by atoms with E-state index in [4.69, 9.17) is 5.73 Å². The van der Waals surface area contributed by atoms with E-state index in [0.29, 0.717) is 12.4 Å². The first-order valence-corrected chi connectivity index (χ1v) is 8.58. The minimum Gasteiger partial charge on any atom is -0.384 e. The predicted octanol–water partition coefficient (Wildman–Crippen LogP) is 4.42. The van der Waals surface area contributed by atoms with Crippen molar-refractivity contribution in [2.45, 2.75) is 13.5 Å². The van der Waals surface area contributed by atoms with Gasteiger partial charge in [-0.15, -0.1) is 23.7 Å². The maximum atomic E-state index is 13.4. The number of rotatable bonds is 4. The molecule has 2 N–H and O–H groups in total. The molecule has 2 aromatic heterocycles. The van der Waals surface area contributed by atoms with Crippen molar-refractivity contribution in [1.29, 1.82) is 0 Å². The fourth-order valence-corrected chi connectivity index (χ4v) is 3.74. The number of carbonyl (C=O) groups excluding carboxylic acids is 1. The number of thiophene rings is 1. The monoisotopic (exact) mass is 391 g/mol. The number of fused-ring (bicyclic) bond motifs is 1. The smallest absolute Gasteiger partial charge is 0.246 e. The van der Waals surface area contributed by atoms with Crippen LogP contribution in [0.1, 0.15) is 16.0 Å². The number of carbonyl (C=O) groups is 1. The summed E-state index contributed by atoms with van der Waals surface area (Å²) in [6, 6.07) is 8.27. The molecular formula is C19H19ClFN3OS. The molecular weight excluding hydrogens is 373 g/mol. The Hall–Kier alpha value is -2.44. The first-order valence-electron chi connectivity index (χ1n) is 7.76. The van der Waals surface area contributed by atoms with Gasteiger partial charge in [-0.3, -0.25) is 4.79 Å². The summed E-state index contributed by atoms with van der Waals surface area (Å²) < 4.78 is 14.4. The number of hydrogen-bond acceptors (Lipinski definition) is 4. The number of nitrogens with two attached hydrogens (primary N) is 1. The van der Waals surface area contributed by atoms with Gasteiger partial charge in [-0.2, -0.15) is 0 Å². The van der Waals surface area contributed by atoms with Crippen LogP contribution in [0, 0.1) is 12.7 Å². The van der Waals surface area contributed by atoms with E-state index in [1.165, 1.54) is 12.1 Å². The molecule has 3 aromatic rings. The van der Waals surface area contributed by atoms with E-state index < -0.39 is 0 Å². The summed E-state index contributed by atoms with van der Waals surface area (Å²) in [7, 11) is 1.75. The standard InChI is InChI=1S/C19H18FN3OS.ClH/c1-12-15-9-14(20)5-6-16(15)25-17(12)11-23(2)19(24)8-4-13-3-7-18(21)22-10-13;/h3-10H,11H2,1-2H3,(H2,21,22);1H/b8-4+;. The molecule has 0 saturated heterocycles. The lowest BCUT2D eigenvalue weighted by molar-refractivity contribution is -0.125. The Bertz CT molecular complexity index is 953. The number of amides is 1. The van der Waals surface area contributed by atoms with Crippen molar-refractivity contribution in [2.24, 2.45) is 0 Å². The van der Waals surface area contributed by atoms with Crippen molar-refractivity contribution >= 4 is 51.6 Å². The van der Waals surface area contributed by atoms with Crippen molar-refractivity contribution in [3.05, 3.63) is 64.4 Å². The third kappa shape index (κ3) is 4.39. The Morgan fingerprint density at radius 1 is 1.35 bits per heavy atom. The average molecular weight is 392 g/mol. The van der Waals surface area contributed by atoms with Crippen molar-refractivity contribution in [1.82, 2.24) is 9.88 Å². The average Bonchev–Trinajstić information content (AvgIpc) is 2.90. The number of pyridine rings is 1. The number of aryl methyl sites for hydroxylation is 1. The molecule has 1 aromatic carbocycles. The molecule has 4 nitrogen and oxygen atoms in total. The zero-order valence-corrected chi connectivity index (χ0v) is 16.0. The number of benzene rings is 1. The summed E-state index contributed by atoms with van der Waals surface area (Å²) in [5.74, 6) is 0.0848. The molecule has 26 heavy (non-hydrogen) atoms. The van der Waals surface area contributed by atoms with Crippen LogP contribution in [0.5, 0.6) is 0 Å². The van der Waals surface area contributed by atoms with Crippen LogP contribution in [0.2, 0.25) is 0 Å². The zero-order valence-electron chi connectivity index (χ0n) is 14.4. The highest BCUT2D eigenvalue weighted by Gasteiger charge is 2.13. The first kappa shape index (κ1) is 19.9. The zero-order chi connectivity index (χ0) is 18.0. The third-order valence-electron chi connectivity index (χ3n) is 3.98. The van der Waals surface area contributed by atoms with Crippen LogP contribution in [0.25, 0.3) is 16.2 Å². The number of nitrogen functional groups attached to an aromatic ring is 1. The van der Waals surface area contributed by atoms with Crippen LogP contribution in [0.3, 0.4) is 0 Å². The Kier molecular flexibility index (Phi) is 6.34. The number of nitrogens with zero attached hydrogens (tertiary/aromatic N) is 2. The van der Waals surface area contributed by atoms with Gasteiger partial charge in [-0.05, 0) is 59.8 Å². The minimum absolute atomic E-state index is 0. The molecule has 0 saturated carbocycles. The van der Waals surface area contributed by atoms with E-state index in [2.05, 4.69) is 4.98 Å². The highest BCUT2D eigenvalue weighted by Crippen LogP contribution is 2.32. The van der Waals surface area contributed by atoms with Crippen LogP contribution in [-0.4, -0.2) is 22.8 Å². The van der Waals surface area contributed by atoms with Crippen LogP contribution in [0.15, 0.2) is 42.6 Å². The molecule has 0 spiro atoms. The molecule has 2 heterocycles. The highest BCUT2D eigenvalue weighted by atomic mass is 35.5. The summed E-state index contributed by atoms with van der Waals surface area (Å²) >= 11 is 1.59. The van der Waals surface area contributed by atoms with Gasteiger partial charge in [-0.25, -0.2) is 9.37 Å². The van der Waals surface area contributed by atoms with Gasteiger partial charge in [0.25, 0.3) is 0 Å². The molecule has 136 valence electrons. The molecule has 0 bridgehead atoms. The van der Waals surface area contributed by atoms with E-state index in [1.54, 1.807) is 59.8 Å². The molecule has 7 heteroatoms. The van der Waals surface area contributed by atoms with Crippen molar-refractivity contribution in [2.75, 3.05) is 12.8 Å². The number of likely N-dealkylation sites (N-methyl/N-ethyl adjacent to an activating group) is 1. The molecule has 0 fully saturated rings. The van der Waals surface area contributed by atoms with Gasteiger partial charge in [0, 0.05) is 28.9 Å². The van der Waals surface area contributed by atoms with E-state index in [0.717, 1.165) is 26.1 Å². The number of anilines is 1. The van der Waals surface area contributed by atoms with Crippen molar-refractivity contribution in [3.63, 3.8) is 0 Å². The van der Waals surface area contributed by atoms with Crippen molar-refractivity contribution in [3.8, 4) is 0 Å². The summed E-state index contributed by atoms with van der Waals surface area (Å²) in [6.07, 6.45) is 4.83. The van der Waals surface area contributed by atoms with Gasteiger partial charge in [0.2, 0.25) is 5.91 Å². The topological polar surface area (TPSA) is 59.2 Å². The van der Waals surface area contributed by atoms with Crippen LogP contribution >= 0.6 is 23.7 Å². The summed E-state index contributed by atoms with van der Waals surface area (Å²) in [5.41, 5.74) is 7.37. The molecule has 1 amide bonds. The minimum atomic E-state index is -0.246. The van der Waals surface area contributed by atoms with E-state index in [9.17, 15) is 9.18 Å². The Morgan fingerprint density at radius 2 is 2.12 bits per heavy atom. The summed E-state index contributed by atoms with van der Waals surface area (Å²) in [4.78, 5) is 19.0. The Balaban J connectivity index is 0.00000243. The van der Waals surface area contributed by atoms with E-state index >= 15 is 0 Å². The number of hydrogen-bond donors (Lipinski definition) is 1. The van der Waals surface area contributed by atoms with E-state index in [-0.39, 0.29) is 24.1 Å². The van der Waals surface area contributed by atoms with Gasteiger partial charge in [0.05, 0.1) is 6.54 Å². The maximum Gasteiger partial charge on any atom is 0.246 e. The second kappa shape index (κ2) is 8.29. The second-order valence-corrected chi connectivity index (χ2v) is 6.97. The van der Waals surface area contributed by atoms with Gasteiger partial charge in [0.15, 0.2) is 0 Å². The van der Waals surface area contributed by atoms with Gasteiger partial charge in [0.1, 0.15) is 11.6 Å². The first-order chi connectivity index (χ1) is 11.9. The van der Waals surface area contributed by atoms with Crippen LogP contribution in [0.4, 0.5) is 10.2 Å². The predicted molar refractivity (Wildman–Crippen MR) is 108 cm³/mol. The lowest BCUT2D eigenvalue weighted by Crippen LogP contribution is -2.23.